The van der Waals surface area contributed by atoms with E-state index in [0.29, 0.717) is 6.42 Å². The van der Waals surface area contributed by atoms with Crippen molar-refractivity contribution < 1.29 is 39.0 Å². The summed E-state index contributed by atoms with van der Waals surface area (Å²) >= 11 is 0. The molecule has 4 amide bonds. The Bertz CT molecular complexity index is 757. The van der Waals surface area contributed by atoms with Gasteiger partial charge in [-0.15, -0.1) is 0 Å². The van der Waals surface area contributed by atoms with Crippen LogP contribution in [-0.4, -0.2) is 69.9 Å². The monoisotopic (exact) mass is 487 g/mol. The molecule has 0 spiro atoms. The Hall–Kier alpha value is -3.22. The van der Waals surface area contributed by atoms with Gasteiger partial charge in [0.2, 0.25) is 23.6 Å². The van der Waals surface area contributed by atoms with Gasteiger partial charge in [0.25, 0.3) is 0 Å². The van der Waals surface area contributed by atoms with Crippen LogP contribution in [0.4, 0.5) is 0 Å². The van der Waals surface area contributed by atoms with E-state index >= 15 is 0 Å². The summed E-state index contributed by atoms with van der Waals surface area (Å²) in [6.07, 6.45) is -0.596. The van der Waals surface area contributed by atoms with Crippen LogP contribution in [-0.2, 0) is 28.8 Å². The van der Waals surface area contributed by atoms with Gasteiger partial charge in [0, 0.05) is 6.42 Å². The third-order valence-corrected chi connectivity index (χ3v) is 5.15. The minimum Gasteiger partial charge on any atom is -0.481 e. The average molecular weight is 488 g/mol. The lowest BCUT2D eigenvalue weighted by Gasteiger charge is -2.27. The number of nitrogens with one attached hydrogen (secondary N) is 3. The Balaban J connectivity index is 5.63. The molecular weight excluding hydrogens is 450 g/mol. The van der Waals surface area contributed by atoms with E-state index in [0.717, 1.165) is 0 Å². The molecule has 9 N–H and O–H groups in total. The maximum atomic E-state index is 12.9. The number of aliphatic carboxylic acids is 2. The first-order valence-electron chi connectivity index (χ1n) is 11.1. The average Bonchev–Trinajstić information content (AvgIpc) is 2.72. The van der Waals surface area contributed by atoms with Gasteiger partial charge in [0.15, 0.2) is 0 Å². The summed E-state index contributed by atoms with van der Waals surface area (Å²) in [6.45, 7) is 6.95. The number of carbonyl (C=O) groups is 6. The van der Waals surface area contributed by atoms with Crippen LogP contribution in [0.15, 0.2) is 0 Å². The Morgan fingerprint density at radius 2 is 1.38 bits per heavy atom. The van der Waals surface area contributed by atoms with E-state index in [1.165, 1.54) is 0 Å². The van der Waals surface area contributed by atoms with Gasteiger partial charge >= 0.3 is 11.9 Å². The highest BCUT2D eigenvalue weighted by atomic mass is 16.4. The van der Waals surface area contributed by atoms with Gasteiger partial charge in [-0.25, -0.2) is 4.79 Å². The highest BCUT2D eigenvalue weighted by Gasteiger charge is 2.32. The number of carboxylic acid groups (broad SMARTS) is 2. The molecular formula is C21H37N5O8. The summed E-state index contributed by atoms with van der Waals surface area (Å²) in [4.78, 5) is 71.6. The van der Waals surface area contributed by atoms with Gasteiger partial charge in [-0.2, -0.15) is 0 Å². The molecule has 0 aliphatic heterocycles. The number of rotatable bonds is 16. The van der Waals surface area contributed by atoms with Crippen molar-refractivity contribution in [1.29, 1.82) is 0 Å². The van der Waals surface area contributed by atoms with Crippen molar-refractivity contribution in [3.05, 3.63) is 0 Å². The SMILES string of the molecule is CCC(C)C(NC(=O)C(CCC(=O)O)NC(=O)C(CC(C)C)NC(=O)C(N)CC(N)=O)C(=O)O. The molecule has 5 atom stereocenters. The molecule has 0 saturated carbocycles. The Morgan fingerprint density at radius 1 is 0.853 bits per heavy atom. The molecule has 13 nitrogen and oxygen atoms in total. The molecule has 0 aliphatic rings. The lowest BCUT2D eigenvalue weighted by molar-refractivity contribution is -0.144. The maximum Gasteiger partial charge on any atom is 0.326 e. The first-order chi connectivity index (χ1) is 15.7. The van der Waals surface area contributed by atoms with Gasteiger partial charge in [-0.1, -0.05) is 34.1 Å². The molecule has 0 aromatic carbocycles. The topological polar surface area (TPSA) is 231 Å². The summed E-state index contributed by atoms with van der Waals surface area (Å²) < 4.78 is 0. The normalized spacial score (nSPS) is 15.4. The van der Waals surface area contributed by atoms with Crippen molar-refractivity contribution in [3.63, 3.8) is 0 Å². The summed E-state index contributed by atoms with van der Waals surface area (Å²) in [5, 5.41) is 25.6. The summed E-state index contributed by atoms with van der Waals surface area (Å²) in [5.41, 5.74) is 10.7. The zero-order valence-corrected chi connectivity index (χ0v) is 20.0. The number of nitrogens with two attached hydrogens (primary N) is 2. The van der Waals surface area contributed by atoms with E-state index in [9.17, 15) is 33.9 Å². The van der Waals surface area contributed by atoms with E-state index in [2.05, 4.69) is 16.0 Å². The number of carbonyl (C=O) groups excluding carboxylic acids is 4. The maximum absolute atomic E-state index is 12.9. The molecule has 0 fully saturated rings. The first-order valence-corrected chi connectivity index (χ1v) is 11.1. The number of hydrogen-bond acceptors (Lipinski definition) is 7. The predicted octanol–water partition coefficient (Wildman–Crippen LogP) is -1.31. The van der Waals surface area contributed by atoms with E-state index in [4.69, 9.17) is 16.6 Å². The zero-order chi connectivity index (χ0) is 26.6. The number of carboxylic acids is 2. The van der Waals surface area contributed by atoms with Crippen LogP contribution in [0, 0.1) is 11.8 Å². The minimum absolute atomic E-state index is 0.0727. The molecule has 5 unspecified atom stereocenters. The van der Waals surface area contributed by atoms with Crippen molar-refractivity contribution >= 4 is 35.6 Å². The fourth-order valence-corrected chi connectivity index (χ4v) is 3.04. The van der Waals surface area contributed by atoms with E-state index in [1.54, 1.807) is 27.7 Å². The standard InChI is InChI=1S/C21H37N5O8/c1-5-11(4)17(21(33)34)26-19(31)13(6-7-16(28)29)24-20(32)14(8-10(2)3)25-18(30)12(22)9-15(23)27/h10-14,17H,5-9,22H2,1-4H3,(H2,23,27)(H,24,32)(H,25,30)(H,26,31)(H,28,29)(H,33,34). The van der Waals surface area contributed by atoms with Crippen LogP contribution in [0.3, 0.4) is 0 Å². The van der Waals surface area contributed by atoms with Crippen LogP contribution < -0.4 is 27.4 Å². The van der Waals surface area contributed by atoms with Crippen LogP contribution in [0.5, 0.6) is 0 Å². The molecule has 0 aromatic heterocycles. The van der Waals surface area contributed by atoms with E-state index in [1.807, 2.05) is 0 Å². The zero-order valence-electron chi connectivity index (χ0n) is 20.0. The Morgan fingerprint density at radius 3 is 1.82 bits per heavy atom. The summed E-state index contributed by atoms with van der Waals surface area (Å²) in [5.74, 6) is -6.21. The molecule has 0 saturated heterocycles. The lowest BCUT2D eigenvalue weighted by Crippen LogP contribution is -2.58. The molecule has 0 bridgehead atoms. The van der Waals surface area contributed by atoms with Crippen LogP contribution >= 0.6 is 0 Å². The predicted molar refractivity (Wildman–Crippen MR) is 121 cm³/mol. The quantitative estimate of drug-likeness (QED) is 0.137. The van der Waals surface area contributed by atoms with Gasteiger partial charge in [0.05, 0.1) is 12.5 Å². The lowest BCUT2D eigenvalue weighted by atomic mass is 9.98. The minimum atomic E-state index is -1.36. The van der Waals surface area contributed by atoms with Crippen molar-refractivity contribution in [1.82, 2.24) is 16.0 Å². The first kappa shape index (κ1) is 30.8. The third kappa shape index (κ3) is 11.6. The second-order valence-corrected chi connectivity index (χ2v) is 8.67. The van der Waals surface area contributed by atoms with Crippen LogP contribution in [0.25, 0.3) is 0 Å². The van der Waals surface area contributed by atoms with E-state index in [-0.39, 0.29) is 18.8 Å². The fraction of sp³-hybridized carbons (Fsp3) is 0.714. The molecule has 0 radical (unpaired) electrons. The summed E-state index contributed by atoms with van der Waals surface area (Å²) in [6, 6.07) is -5.02. The highest BCUT2D eigenvalue weighted by molar-refractivity contribution is 5.95. The van der Waals surface area contributed by atoms with Gasteiger partial charge in [-0.3, -0.25) is 24.0 Å². The number of primary amides is 1. The van der Waals surface area contributed by atoms with Crippen LogP contribution in [0.1, 0.15) is 59.8 Å². The number of hydrogen-bond donors (Lipinski definition) is 7. The number of amides is 4. The van der Waals surface area contributed by atoms with Gasteiger partial charge in [0.1, 0.15) is 18.1 Å². The fourth-order valence-electron chi connectivity index (χ4n) is 3.04. The van der Waals surface area contributed by atoms with Gasteiger partial charge < -0.3 is 37.6 Å². The molecule has 0 rings (SSSR count). The van der Waals surface area contributed by atoms with Crippen molar-refractivity contribution in [2.45, 2.75) is 84.0 Å². The highest BCUT2D eigenvalue weighted by Crippen LogP contribution is 2.11. The molecule has 0 aromatic rings. The van der Waals surface area contributed by atoms with Crippen molar-refractivity contribution in [2.75, 3.05) is 0 Å². The smallest absolute Gasteiger partial charge is 0.326 e. The molecule has 194 valence electrons. The van der Waals surface area contributed by atoms with E-state index < -0.39 is 78.5 Å². The molecule has 0 aliphatic carbocycles. The Kier molecular flexibility index (Phi) is 13.4. The van der Waals surface area contributed by atoms with Crippen molar-refractivity contribution in [2.24, 2.45) is 23.3 Å². The largest absolute Gasteiger partial charge is 0.481 e. The van der Waals surface area contributed by atoms with Gasteiger partial charge in [-0.05, 0) is 24.7 Å². The van der Waals surface area contributed by atoms with Crippen LogP contribution in [0.2, 0.25) is 0 Å². The second-order valence-electron chi connectivity index (χ2n) is 8.67. The second kappa shape index (κ2) is 14.8. The summed E-state index contributed by atoms with van der Waals surface area (Å²) in [7, 11) is 0. The molecule has 34 heavy (non-hydrogen) atoms. The van der Waals surface area contributed by atoms with Crippen molar-refractivity contribution in [3.8, 4) is 0 Å². The molecule has 13 heteroatoms. The molecule has 0 heterocycles. The third-order valence-electron chi connectivity index (χ3n) is 5.15. The Labute approximate surface area is 198 Å².